The van der Waals surface area contributed by atoms with E-state index in [4.69, 9.17) is 4.74 Å². The molecule has 0 radical (unpaired) electrons. The van der Waals surface area contributed by atoms with E-state index in [1.807, 2.05) is 66.4 Å². The summed E-state index contributed by atoms with van der Waals surface area (Å²) in [6.45, 7) is 13.0. The minimum absolute atomic E-state index is 0.0192. The lowest BCUT2D eigenvalue weighted by Crippen LogP contribution is -2.61. The standard InChI is InChI=1S/C40H51N3O5S/c1-5-22-41(30-18-20-32(21-19-30)48-7-3)37(45)34-33-24-27(4)40(49-33)35(34)38(46)43(31(26-44)25-28-14-10-8-11-15-28)36(40)39(47)42(23-6-2)29-16-12-9-13-17-29/h5-6,8,10-11,14-15,18-21,27,29,31,33-36,44H,1-2,7,9,12-13,16-17,22-26H2,3-4H3/t27?,31-,33-,34+,35+,36?,40?/m1/s1. The van der Waals surface area contributed by atoms with Gasteiger partial charge in [0.15, 0.2) is 0 Å². The molecule has 1 saturated carbocycles. The number of ether oxygens (including phenoxy) is 1. The van der Waals surface area contributed by atoms with Gasteiger partial charge in [-0.25, -0.2) is 0 Å². The minimum Gasteiger partial charge on any atom is -0.494 e. The number of fused-ring (bicyclic) bond motifs is 1. The molecule has 1 spiro atoms. The first kappa shape index (κ1) is 35.3. The molecule has 6 rings (SSSR count). The third-order valence-electron chi connectivity index (χ3n) is 11.3. The number of nitrogens with zero attached hydrogens (tertiary/aromatic N) is 3. The Morgan fingerprint density at radius 2 is 1.73 bits per heavy atom. The summed E-state index contributed by atoms with van der Waals surface area (Å²) in [5.41, 5.74) is 1.69. The number of rotatable bonds is 14. The van der Waals surface area contributed by atoms with Crippen LogP contribution in [0.3, 0.4) is 0 Å². The zero-order valence-electron chi connectivity index (χ0n) is 28.9. The first-order chi connectivity index (χ1) is 23.8. The van der Waals surface area contributed by atoms with Gasteiger partial charge in [-0.1, -0.05) is 68.7 Å². The van der Waals surface area contributed by atoms with Crippen molar-refractivity contribution in [2.75, 3.05) is 31.2 Å². The van der Waals surface area contributed by atoms with Gasteiger partial charge in [-0.05, 0) is 68.4 Å². The molecule has 49 heavy (non-hydrogen) atoms. The molecular formula is C40H51N3O5S. The Morgan fingerprint density at radius 3 is 2.37 bits per heavy atom. The smallest absolute Gasteiger partial charge is 0.247 e. The second-order valence-corrected chi connectivity index (χ2v) is 15.6. The van der Waals surface area contributed by atoms with Crippen LogP contribution in [0.1, 0.15) is 57.9 Å². The van der Waals surface area contributed by atoms with Crippen molar-refractivity contribution in [1.29, 1.82) is 0 Å². The number of carbonyl (C=O) groups is 3. The maximum atomic E-state index is 15.2. The van der Waals surface area contributed by atoms with E-state index in [-0.39, 0.29) is 48.1 Å². The van der Waals surface area contributed by atoms with E-state index in [0.717, 1.165) is 49.8 Å². The van der Waals surface area contributed by atoms with E-state index in [2.05, 4.69) is 20.1 Å². The van der Waals surface area contributed by atoms with Crippen LogP contribution in [0.25, 0.3) is 0 Å². The fourth-order valence-corrected chi connectivity index (χ4v) is 11.6. The lowest BCUT2D eigenvalue weighted by Gasteiger charge is -2.44. The average Bonchev–Trinajstić information content (AvgIpc) is 3.72. The molecule has 9 heteroatoms. The quantitative estimate of drug-likeness (QED) is 0.250. The molecule has 3 aliphatic heterocycles. The van der Waals surface area contributed by atoms with Crippen LogP contribution in [0, 0.1) is 17.8 Å². The van der Waals surface area contributed by atoms with E-state index in [1.54, 1.807) is 33.7 Å². The summed E-state index contributed by atoms with van der Waals surface area (Å²) in [4.78, 5) is 50.6. The SMILES string of the molecule is C=CCN(C(=O)[C@@H]1[C@H]2C(=O)N([C@@H](CO)Cc3ccccc3)C(C(=O)N(CC=C)C3CCCCC3)C23S[C@@H]1CC3C)c1ccc(OCC)cc1. The van der Waals surface area contributed by atoms with E-state index in [1.165, 1.54) is 0 Å². The zero-order valence-corrected chi connectivity index (χ0v) is 29.7. The third-order valence-corrected chi connectivity index (χ3v) is 13.4. The molecule has 8 nitrogen and oxygen atoms in total. The van der Waals surface area contributed by atoms with E-state index < -0.39 is 28.7 Å². The van der Waals surface area contributed by atoms with Crippen molar-refractivity contribution in [2.45, 2.75) is 86.9 Å². The van der Waals surface area contributed by atoms with Gasteiger partial charge in [0.25, 0.3) is 0 Å². The summed E-state index contributed by atoms with van der Waals surface area (Å²) < 4.78 is 4.85. The molecule has 1 N–H and O–H groups in total. The Morgan fingerprint density at radius 1 is 1.04 bits per heavy atom. The van der Waals surface area contributed by atoms with Gasteiger partial charge in [0, 0.05) is 30.1 Å². The van der Waals surface area contributed by atoms with Crippen molar-refractivity contribution in [3.05, 3.63) is 85.5 Å². The summed E-state index contributed by atoms with van der Waals surface area (Å²) in [6.07, 6.45) is 9.78. The second-order valence-electron chi connectivity index (χ2n) is 14.1. The van der Waals surface area contributed by atoms with Crippen LogP contribution in [0.15, 0.2) is 79.9 Å². The van der Waals surface area contributed by atoms with Gasteiger partial charge in [0.05, 0.1) is 35.8 Å². The van der Waals surface area contributed by atoms with Crippen molar-refractivity contribution < 1.29 is 24.2 Å². The van der Waals surface area contributed by atoms with Crippen LogP contribution in [0.5, 0.6) is 5.75 Å². The molecule has 7 atom stereocenters. The Balaban J connectivity index is 1.43. The zero-order chi connectivity index (χ0) is 34.7. The van der Waals surface area contributed by atoms with Gasteiger partial charge in [-0.3, -0.25) is 14.4 Å². The molecule has 0 aromatic heterocycles. The van der Waals surface area contributed by atoms with Gasteiger partial charge in [-0.15, -0.1) is 24.9 Å². The maximum Gasteiger partial charge on any atom is 0.247 e. The number of anilines is 1. The molecule has 3 heterocycles. The fourth-order valence-electron chi connectivity index (χ4n) is 9.18. The maximum absolute atomic E-state index is 15.2. The van der Waals surface area contributed by atoms with Gasteiger partial charge in [0.1, 0.15) is 11.8 Å². The van der Waals surface area contributed by atoms with Crippen molar-refractivity contribution in [2.24, 2.45) is 17.8 Å². The fraction of sp³-hybridized carbons (Fsp3) is 0.525. The van der Waals surface area contributed by atoms with Crippen LogP contribution < -0.4 is 9.64 Å². The molecule has 2 aromatic carbocycles. The van der Waals surface area contributed by atoms with Crippen LogP contribution in [0.4, 0.5) is 5.69 Å². The number of amides is 3. The van der Waals surface area contributed by atoms with E-state index in [9.17, 15) is 9.90 Å². The number of aliphatic hydroxyl groups is 1. The van der Waals surface area contributed by atoms with Gasteiger partial charge in [0.2, 0.25) is 17.7 Å². The van der Waals surface area contributed by atoms with Gasteiger partial charge >= 0.3 is 0 Å². The minimum atomic E-state index is -0.797. The predicted molar refractivity (Wildman–Crippen MR) is 195 cm³/mol. The number of aliphatic hydroxyl groups excluding tert-OH is 1. The van der Waals surface area contributed by atoms with Gasteiger partial charge in [-0.2, -0.15) is 0 Å². The van der Waals surface area contributed by atoms with Gasteiger partial charge < -0.3 is 24.5 Å². The van der Waals surface area contributed by atoms with E-state index >= 15 is 9.59 Å². The molecule has 2 bridgehead atoms. The molecule has 1 aliphatic carbocycles. The number of thioether (sulfide) groups is 1. The average molecular weight is 686 g/mol. The molecule has 3 unspecified atom stereocenters. The molecule has 4 aliphatic rings. The summed E-state index contributed by atoms with van der Waals surface area (Å²) in [5.74, 6) is -0.952. The molecule has 2 aromatic rings. The highest BCUT2D eigenvalue weighted by atomic mass is 32.2. The normalized spacial score (nSPS) is 28.2. The van der Waals surface area contributed by atoms with Crippen molar-refractivity contribution in [1.82, 2.24) is 9.80 Å². The molecule has 262 valence electrons. The second kappa shape index (κ2) is 15.1. The summed E-state index contributed by atoms with van der Waals surface area (Å²) in [7, 11) is 0. The summed E-state index contributed by atoms with van der Waals surface area (Å²) in [6, 6.07) is 15.9. The lowest BCUT2D eigenvalue weighted by atomic mass is 9.65. The molecule has 3 saturated heterocycles. The highest BCUT2D eigenvalue weighted by Gasteiger charge is 2.77. The third kappa shape index (κ3) is 6.33. The molecule has 4 fully saturated rings. The Kier molecular flexibility index (Phi) is 10.9. The lowest BCUT2D eigenvalue weighted by molar-refractivity contribution is -0.147. The highest BCUT2D eigenvalue weighted by Crippen LogP contribution is 2.69. The number of hydrogen-bond acceptors (Lipinski definition) is 6. The highest BCUT2D eigenvalue weighted by molar-refractivity contribution is 8.02. The number of likely N-dealkylation sites (tertiary alicyclic amines) is 1. The van der Waals surface area contributed by atoms with Crippen LogP contribution >= 0.6 is 11.8 Å². The number of hydrogen-bond donors (Lipinski definition) is 1. The summed E-state index contributed by atoms with van der Waals surface area (Å²) >= 11 is 1.68. The molecule has 3 amide bonds. The van der Waals surface area contributed by atoms with Crippen molar-refractivity contribution >= 4 is 35.2 Å². The topological polar surface area (TPSA) is 90.4 Å². The first-order valence-corrected chi connectivity index (χ1v) is 18.9. The Bertz CT molecular complexity index is 1510. The predicted octanol–water partition coefficient (Wildman–Crippen LogP) is 5.89. The van der Waals surface area contributed by atoms with Crippen molar-refractivity contribution in [3.63, 3.8) is 0 Å². The monoisotopic (exact) mass is 685 g/mol. The van der Waals surface area contributed by atoms with Crippen LogP contribution in [-0.2, 0) is 20.8 Å². The van der Waals surface area contributed by atoms with E-state index in [0.29, 0.717) is 25.3 Å². The summed E-state index contributed by atoms with van der Waals surface area (Å²) in [5, 5.41) is 10.9. The number of carbonyl (C=O) groups excluding carboxylic acids is 3. The first-order valence-electron chi connectivity index (χ1n) is 18.0. The Hall–Kier alpha value is -3.56. The molecular weight excluding hydrogens is 635 g/mol. The number of benzene rings is 2. The van der Waals surface area contributed by atoms with Crippen molar-refractivity contribution in [3.8, 4) is 5.75 Å². The van der Waals surface area contributed by atoms with Crippen LogP contribution in [0.2, 0.25) is 0 Å². The largest absolute Gasteiger partial charge is 0.494 e. The Labute approximate surface area is 295 Å². The van der Waals surface area contributed by atoms with Crippen LogP contribution in [-0.4, -0.2) is 87.1 Å².